The number of carbonyl (C=O) groups is 1. The highest BCUT2D eigenvalue weighted by atomic mass is 16.4. The Balaban J connectivity index is 2.11. The number of carbonyl (C=O) groups excluding carboxylic acids is 1. The maximum Gasteiger partial charge on any atom is 0.233 e. The lowest BCUT2D eigenvalue weighted by Gasteiger charge is -2.19. The number of amidine groups is 1. The number of oxime groups is 1. The zero-order valence-corrected chi connectivity index (χ0v) is 9.63. The third kappa shape index (κ3) is 2.08. The molecule has 5 heteroatoms. The molecule has 1 amide bonds. The van der Waals surface area contributed by atoms with Gasteiger partial charge in [0.15, 0.2) is 5.84 Å². The molecular formula is C12H15N3O2. The molecule has 1 aromatic rings. The molecule has 1 heterocycles. The van der Waals surface area contributed by atoms with Gasteiger partial charge in [0.2, 0.25) is 5.91 Å². The summed E-state index contributed by atoms with van der Waals surface area (Å²) in [7, 11) is 0. The largest absolute Gasteiger partial charge is 0.409 e. The minimum atomic E-state index is -0.589. The minimum Gasteiger partial charge on any atom is -0.409 e. The van der Waals surface area contributed by atoms with E-state index in [-0.39, 0.29) is 11.7 Å². The maximum absolute atomic E-state index is 12.1. The molecule has 2 rings (SSSR count). The molecule has 1 aliphatic heterocycles. The molecule has 1 unspecified atom stereocenters. The molecule has 0 fully saturated rings. The molecule has 0 bridgehead atoms. The van der Waals surface area contributed by atoms with Crippen LogP contribution in [0.25, 0.3) is 0 Å². The monoisotopic (exact) mass is 233 g/mol. The quantitative estimate of drug-likeness (QED) is 0.345. The second-order valence-electron chi connectivity index (χ2n) is 4.21. The van der Waals surface area contributed by atoms with Gasteiger partial charge >= 0.3 is 0 Å². The van der Waals surface area contributed by atoms with Crippen molar-refractivity contribution in [2.75, 3.05) is 0 Å². The highest BCUT2D eigenvalue weighted by molar-refractivity contribution is 6.01. The highest BCUT2D eigenvalue weighted by Gasteiger charge is 2.28. The first-order valence-corrected chi connectivity index (χ1v) is 5.46. The number of rotatable bonds is 2. The highest BCUT2D eigenvalue weighted by Crippen LogP contribution is 2.23. The number of nitrogens with zero attached hydrogens (tertiary/aromatic N) is 2. The number of fused-ring (bicyclic) bond motifs is 1. The van der Waals surface area contributed by atoms with Crippen LogP contribution in [0.2, 0.25) is 0 Å². The summed E-state index contributed by atoms with van der Waals surface area (Å²) in [5.74, 6) is -0.753. The summed E-state index contributed by atoms with van der Waals surface area (Å²) in [6.07, 6.45) is 0. The number of nitrogens with two attached hydrogens (primary N) is 1. The topological polar surface area (TPSA) is 78.9 Å². The summed E-state index contributed by atoms with van der Waals surface area (Å²) in [5.41, 5.74) is 7.76. The predicted molar refractivity (Wildman–Crippen MR) is 63.3 cm³/mol. The summed E-state index contributed by atoms with van der Waals surface area (Å²) in [6, 6.07) is 7.94. The van der Waals surface area contributed by atoms with Gasteiger partial charge in [-0.25, -0.2) is 0 Å². The van der Waals surface area contributed by atoms with Gasteiger partial charge in [0.1, 0.15) is 0 Å². The summed E-state index contributed by atoms with van der Waals surface area (Å²) in [6.45, 7) is 2.83. The fourth-order valence-electron chi connectivity index (χ4n) is 1.98. The Labute approximate surface area is 99.5 Å². The molecule has 0 aromatic heterocycles. The number of hydrogen-bond donors (Lipinski definition) is 2. The van der Waals surface area contributed by atoms with E-state index in [0.29, 0.717) is 13.1 Å². The first-order valence-electron chi connectivity index (χ1n) is 5.46. The lowest BCUT2D eigenvalue weighted by molar-refractivity contribution is -0.133. The molecule has 0 spiro atoms. The molecule has 90 valence electrons. The Morgan fingerprint density at radius 2 is 1.94 bits per heavy atom. The van der Waals surface area contributed by atoms with Gasteiger partial charge in [-0.2, -0.15) is 0 Å². The third-order valence-electron chi connectivity index (χ3n) is 3.08. The van der Waals surface area contributed by atoms with Gasteiger partial charge in [0.05, 0.1) is 5.92 Å². The van der Waals surface area contributed by atoms with Crippen molar-refractivity contribution in [2.45, 2.75) is 20.0 Å². The Morgan fingerprint density at radius 3 is 2.41 bits per heavy atom. The first kappa shape index (κ1) is 11.4. The van der Waals surface area contributed by atoms with Crippen LogP contribution in [0.5, 0.6) is 0 Å². The zero-order chi connectivity index (χ0) is 12.4. The Kier molecular flexibility index (Phi) is 2.99. The number of hydrogen-bond acceptors (Lipinski definition) is 3. The van der Waals surface area contributed by atoms with Crippen LogP contribution in [0, 0.1) is 5.92 Å². The second-order valence-corrected chi connectivity index (χ2v) is 4.21. The van der Waals surface area contributed by atoms with E-state index in [2.05, 4.69) is 5.16 Å². The molecule has 1 aromatic carbocycles. The van der Waals surface area contributed by atoms with E-state index in [4.69, 9.17) is 10.9 Å². The normalized spacial score (nSPS) is 16.8. The van der Waals surface area contributed by atoms with Gasteiger partial charge in [-0.05, 0) is 18.1 Å². The molecule has 5 nitrogen and oxygen atoms in total. The maximum atomic E-state index is 12.1. The molecule has 1 aliphatic rings. The summed E-state index contributed by atoms with van der Waals surface area (Å²) in [5, 5.41) is 11.4. The number of benzene rings is 1. The van der Waals surface area contributed by atoms with E-state index < -0.39 is 5.92 Å². The number of amides is 1. The average molecular weight is 233 g/mol. The molecule has 0 aliphatic carbocycles. The SMILES string of the molecule is CC(C(=O)N1Cc2ccccc2C1)/C(N)=N/O. The van der Waals surface area contributed by atoms with Gasteiger partial charge in [0, 0.05) is 13.1 Å². The van der Waals surface area contributed by atoms with E-state index in [1.54, 1.807) is 11.8 Å². The average Bonchev–Trinajstić information content (AvgIpc) is 2.79. The zero-order valence-electron chi connectivity index (χ0n) is 9.63. The Morgan fingerprint density at radius 1 is 1.41 bits per heavy atom. The summed E-state index contributed by atoms with van der Waals surface area (Å²) < 4.78 is 0. The van der Waals surface area contributed by atoms with Crippen LogP contribution in [-0.2, 0) is 17.9 Å². The van der Waals surface area contributed by atoms with E-state index >= 15 is 0 Å². The van der Waals surface area contributed by atoms with Crippen LogP contribution < -0.4 is 5.73 Å². The molecule has 17 heavy (non-hydrogen) atoms. The van der Waals surface area contributed by atoms with Crippen LogP contribution in [0.15, 0.2) is 29.4 Å². The molecule has 0 radical (unpaired) electrons. The van der Waals surface area contributed by atoms with E-state index in [0.717, 1.165) is 11.1 Å². The van der Waals surface area contributed by atoms with Crippen molar-refractivity contribution >= 4 is 11.7 Å². The fourth-order valence-corrected chi connectivity index (χ4v) is 1.98. The van der Waals surface area contributed by atoms with Crippen molar-refractivity contribution in [3.63, 3.8) is 0 Å². The van der Waals surface area contributed by atoms with Gasteiger partial charge in [-0.1, -0.05) is 29.4 Å². The molecular weight excluding hydrogens is 218 g/mol. The lowest BCUT2D eigenvalue weighted by atomic mass is 10.1. The third-order valence-corrected chi connectivity index (χ3v) is 3.08. The van der Waals surface area contributed by atoms with E-state index in [9.17, 15) is 4.79 Å². The van der Waals surface area contributed by atoms with Crippen LogP contribution >= 0.6 is 0 Å². The van der Waals surface area contributed by atoms with Gasteiger partial charge in [0.25, 0.3) is 0 Å². The fraction of sp³-hybridized carbons (Fsp3) is 0.333. The van der Waals surface area contributed by atoms with Crippen molar-refractivity contribution in [3.05, 3.63) is 35.4 Å². The first-order chi connectivity index (χ1) is 8.13. The van der Waals surface area contributed by atoms with Crippen LogP contribution in [0.1, 0.15) is 18.1 Å². The van der Waals surface area contributed by atoms with Crippen LogP contribution in [-0.4, -0.2) is 21.8 Å². The van der Waals surface area contributed by atoms with E-state index in [1.807, 2.05) is 24.3 Å². The van der Waals surface area contributed by atoms with Gasteiger partial charge in [-0.15, -0.1) is 0 Å². The standard InChI is InChI=1S/C12H15N3O2/c1-8(11(13)14-17)12(16)15-6-9-4-2-3-5-10(9)7-15/h2-5,8,17H,6-7H2,1H3,(H2,13,14). The molecule has 3 N–H and O–H groups in total. The van der Waals surface area contributed by atoms with Crippen LogP contribution in [0.3, 0.4) is 0 Å². The van der Waals surface area contributed by atoms with Crippen molar-refractivity contribution in [2.24, 2.45) is 16.8 Å². The van der Waals surface area contributed by atoms with Gasteiger partial charge < -0.3 is 15.8 Å². The minimum absolute atomic E-state index is 0.0500. The summed E-state index contributed by atoms with van der Waals surface area (Å²) in [4.78, 5) is 13.8. The Hall–Kier alpha value is -2.04. The molecule has 0 saturated carbocycles. The van der Waals surface area contributed by atoms with Crippen molar-refractivity contribution in [3.8, 4) is 0 Å². The predicted octanol–water partition coefficient (Wildman–Crippen LogP) is 0.911. The Bertz CT molecular complexity index is 446. The molecule has 0 saturated heterocycles. The van der Waals surface area contributed by atoms with Crippen molar-refractivity contribution in [1.29, 1.82) is 0 Å². The van der Waals surface area contributed by atoms with E-state index in [1.165, 1.54) is 0 Å². The van der Waals surface area contributed by atoms with Crippen LogP contribution in [0.4, 0.5) is 0 Å². The van der Waals surface area contributed by atoms with Gasteiger partial charge in [-0.3, -0.25) is 4.79 Å². The smallest absolute Gasteiger partial charge is 0.233 e. The lowest BCUT2D eigenvalue weighted by Crippen LogP contribution is -2.37. The summed E-state index contributed by atoms with van der Waals surface area (Å²) >= 11 is 0. The second kappa shape index (κ2) is 4.45. The molecule has 1 atom stereocenters. The van der Waals surface area contributed by atoms with Crippen molar-refractivity contribution < 1.29 is 10.0 Å². The van der Waals surface area contributed by atoms with Crippen molar-refractivity contribution in [1.82, 2.24) is 4.90 Å².